The predicted octanol–water partition coefficient (Wildman–Crippen LogP) is 11.0. The molecule has 5 aromatic rings. The van der Waals surface area contributed by atoms with Gasteiger partial charge in [-0.2, -0.15) is 0 Å². The van der Waals surface area contributed by atoms with Crippen molar-refractivity contribution < 1.29 is 19.1 Å². The molecular formula is C47H54N6O4. The van der Waals surface area contributed by atoms with E-state index in [-0.39, 0.29) is 36.1 Å². The molecule has 2 aromatic heterocycles. The van der Waals surface area contributed by atoms with Crippen LogP contribution in [0.1, 0.15) is 126 Å². The lowest BCUT2D eigenvalue weighted by Gasteiger charge is -2.27. The smallest absolute Gasteiger partial charge is 0.410 e. The molecule has 2 saturated heterocycles. The number of ether oxygens (including phenoxy) is 2. The number of nitrogens with zero attached hydrogens (tertiary/aromatic N) is 4. The van der Waals surface area contributed by atoms with Crippen molar-refractivity contribution in [3.05, 3.63) is 126 Å². The van der Waals surface area contributed by atoms with Crippen molar-refractivity contribution in [1.29, 1.82) is 0 Å². The van der Waals surface area contributed by atoms with Crippen LogP contribution in [0.2, 0.25) is 0 Å². The second kappa shape index (κ2) is 15.4. The Morgan fingerprint density at radius 2 is 1.11 bits per heavy atom. The number of amides is 2. The van der Waals surface area contributed by atoms with Gasteiger partial charge in [-0.1, -0.05) is 84.9 Å². The number of hydrogen-bond acceptors (Lipinski definition) is 6. The Labute approximate surface area is 335 Å². The van der Waals surface area contributed by atoms with Gasteiger partial charge in [0.1, 0.15) is 22.9 Å². The van der Waals surface area contributed by atoms with Crippen LogP contribution in [0.5, 0.6) is 0 Å². The van der Waals surface area contributed by atoms with Crippen LogP contribution in [0.15, 0.2) is 97.3 Å². The molecule has 2 N–H and O–H groups in total. The van der Waals surface area contributed by atoms with Crippen LogP contribution in [0.4, 0.5) is 9.59 Å². The van der Waals surface area contributed by atoms with Crippen molar-refractivity contribution in [1.82, 2.24) is 29.7 Å². The fraction of sp³-hybridized carbons (Fsp3) is 0.404. The van der Waals surface area contributed by atoms with Gasteiger partial charge in [0.2, 0.25) is 0 Å². The fourth-order valence-corrected chi connectivity index (χ4v) is 8.67. The minimum Gasteiger partial charge on any atom is -0.444 e. The number of hydrogen-bond donors (Lipinski definition) is 2. The van der Waals surface area contributed by atoms with Crippen LogP contribution in [0.3, 0.4) is 0 Å². The summed E-state index contributed by atoms with van der Waals surface area (Å²) in [4.78, 5) is 46.0. The van der Waals surface area contributed by atoms with Crippen LogP contribution in [0, 0.1) is 0 Å². The minimum atomic E-state index is -0.545. The molecule has 3 unspecified atom stereocenters. The molecule has 2 fully saturated rings. The Hall–Kier alpha value is -5.64. The lowest BCUT2D eigenvalue weighted by atomic mass is 9.78. The third-order valence-electron chi connectivity index (χ3n) is 11.3. The second-order valence-corrected chi connectivity index (χ2v) is 17.6. The van der Waals surface area contributed by atoms with E-state index in [2.05, 4.69) is 94.9 Å². The number of imidazole rings is 2. The average Bonchev–Trinajstić information content (AvgIpc) is 4.02. The molecule has 10 heteroatoms. The topological polar surface area (TPSA) is 116 Å². The van der Waals surface area contributed by atoms with Gasteiger partial charge in [0, 0.05) is 19.0 Å². The van der Waals surface area contributed by atoms with Gasteiger partial charge in [0.15, 0.2) is 0 Å². The van der Waals surface area contributed by atoms with E-state index in [9.17, 15) is 9.59 Å². The molecular weight excluding hydrogens is 713 g/mol. The highest BCUT2D eigenvalue weighted by molar-refractivity contribution is 5.77. The van der Waals surface area contributed by atoms with Crippen LogP contribution in [-0.2, 0) is 9.47 Å². The SMILES string of the molecule is CC(C)(C)OC(=O)N1CCCC1c1ncc(-c2ccc(C3=CCC(c4ccc(-c5cnc([C@@H]6CCCN6C(=O)OC(C)(C)C)[nH]5)cc4)C3c3ccccc3)cc2)[nH]1. The number of likely N-dealkylation sites (tertiary alicyclic amines) is 2. The molecule has 4 heterocycles. The highest BCUT2D eigenvalue weighted by Crippen LogP contribution is 2.50. The van der Waals surface area contributed by atoms with Crippen molar-refractivity contribution in [3.63, 3.8) is 0 Å². The first-order valence-electron chi connectivity index (χ1n) is 20.4. The summed E-state index contributed by atoms with van der Waals surface area (Å²) < 4.78 is 11.4. The van der Waals surface area contributed by atoms with E-state index in [1.807, 2.05) is 53.9 Å². The molecule has 4 atom stereocenters. The zero-order valence-electron chi connectivity index (χ0n) is 33.9. The summed E-state index contributed by atoms with van der Waals surface area (Å²) in [7, 11) is 0. The maximum absolute atomic E-state index is 12.9. The molecule has 8 rings (SSSR count). The lowest BCUT2D eigenvalue weighted by Crippen LogP contribution is -2.36. The maximum Gasteiger partial charge on any atom is 0.410 e. The van der Waals surface area contributed by atoms with Gasteiger partial charge in [-0.3, -0.25) is 9.80 Å². The van der Waals surface area contributed by atoms with Crippen molar-refractivity contribution >= 4 is 17.8 Å². The number of aromatic nitrogens is 4. The number of carbonyl (C=O) groups is 2. The van der Waals surface area contributed by atoms with Gasteiger partial charge in [-0.15, -0.1) is 0 Å². The first kappa shape index (κ1) is 38.2. The molecule has 10 nitrogen and oxygen atoms in total. The van der Waals surface area contributed by atoms with Crippen molar-refractivity contribution in [2.75, 3.05) is 13.1 Å². The predicted molar refractivity (Wildman–Crippen MR) is 222 cm³/mol. The zero-order chi connectivity index (χ0) is 39.9. The molecule has 0 spiro atoms. The van der Waals surface area contributed by atoms with Gasteiger partial charge in [0.05, 0.1) is 35.9 Å². The molecule has 57 heavy (non-hydrogen) atoms. The molecule has 3 aromatic carbocycles. The van der Waals surface area contributed by atoms with Gasteiger partial charge in [0.25, 0.3) is 0 Å². The molecule has 3 aliphatic rings. The summed E-state index contributed by atoms with van der Waals surface area (Å²) in [6.45, 7) is 12.7. The summed E-state index contributed by atoms with van der Waals surface area (Å²) in [6.07, 6.45) is 10.0. The number of aromatic amines is 2. The Morgan fingerprint density at radius 1 is 0.632 bits per heavy atom. The minimum absolute atomic E-state index is 0.123. The lowest BCUT2D eigenvalue weighted by molar-refractivity contribution is 0.0208. The normalized spacial score (nSPS) is 21.2. The summed E-state index contributed by atoms with van der Waals surface area (Å²) in [5.41, 5.74) is 8.01. The van der Waals surface area contributed by atoms with Crippen LogP contribution in [-0.4, -0.2) is 66.2 Å². The van der Waals surface area contributed by atoms with E-state index in [0.717, 1.165) is 66.3 Å². The maximum atomic E-state index is 12.9. The van der Waals surface area contributed by atoms with Crippen molar-refractivity contribution in [2.45, 2.75) is 109 Å². The molecule has 0 saturated carbocycles. The van der Waals surface area contributed by atoms with Crippen LogP contribution >= 0.6 is 0 Å². The van der Waals surface area contributed by atoms with Gasteiger partial charge < -0.3 is 19.4 Å². The number of allylic oxidation sites excluding steroid dienone is 2. The number of H-pyrrole nitrogens is 2. The Morgan fingerprint density at radius 3 is 1.60 bits per heavy atom. The molecule has 296 valence electrons. The first-order valence-corrected chi connectivity index (χ1v) is 20.4. The van der Waals surface area contributed by atoms with E-state index in [4.69, 9.17) is 19.4 Å². The third-order valence-corrected chi connectivity index (χ3v) is 11.3. The Balaban J connectivity index is 0.979. The van der Waals surface area contributed by atoms with E-state index >= 15 is 0 Å². The van der Waals surface area contributed by atoms with Crippen LogP contribution < -0.4 is 0 Å². The Kier molecular flexibility index (Phi) is 10.3. The first-order chi connectivity index (χ1) is 27.3. The molecule has 0 radical (unpaired) electrons. The van der Waals surface area contributed by atoms with E-state index in [1.165, 1.54) is 22.3 Å². The highest BCUT2D eigenvalue weighted by atomic mass is 16.6. The van der Waals surface area contributed by atoms with Gasteiger partial charge in [-0.25, -0.2) is 19.6 Å². The standard InChI is InChI=1S/C47H54N6O4/c1-46(2,3)56-44(54)52-26-10-14-39(52)42-48-28-37(50-42)32-20-16-30(17-21-32)35-24-25-36(41(35)34-12-8-7-9-13-34)31-18-22-33(23-19-31)38-29-49-43(51-38)40-15-11-27-53(40)45(55)57-47(4,5)6/h7-9,12-13,16-24,28-29,36,39-41H,10-11,14-15,25-27H2,1-6H3,(H,48,50)(H,49,51)/t36?,39?,40-,41?/m0/s1. The number of nitrogens with one attached hydrogen (secondary N) is 2. The van der Waals surface area contributed by atoms with E-state index in [1.54, 1.807) is 9.80 Å². The molecule has 0 bridgehead atoms. The van der Waals surface area contributed by atoms with E-state index < -0.39 is 11.2 Å². The number of carbonyl (C=O) groups excluding carboxylic acids is 2. The quantitative estimate of drug-likeness (QED) is 0.170. The summed E-state index contributed by atoms with van der Waals surface area (Å²) in [6, 6.07) is 28.2. The number of benzene rings is 3. The van der Waals surface area contributed by atoms with Crippen molar-refractivity contribution in [3.8, 4) is 22.5 Å². The molecule has 2 aliphatic heterocycles. The molecule has 2 amide bonds. The highest BCUT2D eigenvalue weighted by Gasteiger charge is 2.37. The summed E-state index contributed by atoms with van der Waals surface area (Å²) in [5, 5.41) is 0. The zero-order valence-corrected chi connectivity index (χ0v) is 33.9. The summed E-state index contributed by atoms with van der Waals surface area (Å²) in [5.74, 6) is 2.07. The summed E-state index contributed by atoms with van der Waals surface area (Å²) >= 11 is 0. The van der Waals surface area contributed by atoms with E-state index in [0.29, 0.717) is 13.1 Å². The van der Waals surface area contributed by atoms with Crippen LogP contribution in [0.25, 0.3) is 28.1 Å². The van der Waals surface area contributed by atoms with Gasteiger partial charge in [-0.05, 0) is 113 Å². The molecule has 1 aliphatic carbocycles. The number of rotatable bonds is 7. The second-order valence-electron chi connectivity index (χ2n) is 17.6. The Bertz CT molecular complexity index is 2230. The third kappa shape index (κ3) is 8.27. The largest absolute Gasteiger partial charge is 0.444 e. The monoisotopic (exact) mass is 766 g/mol. The van der Waals surface area contributed by atoms with Crippen molar-refractivity contribution in [2.24, 2.45) is 0 Å². The average molecular weight is 767 g/mol. The van der Waals surface area contributed by atoms with Gasteiger partial charge >= 0.3 is 12.2 Å². The fourth-order valence-electron chi connectivity index (χ4n) is 8.67.